The minimum absolute atomic E-state index is 0. The minimum Gasteiger partial charge on any atom is -0.394 e. The first kappa shape index (κ1) is 16.1. The van der Waals surface area contributed by atoms with Crippen molar-refractivity contribution in [1.29, 1.82) is 0 Å². The largest absolute Gasteiger partial charge is 0.394 e. The van der Waals surface area contributed by atoms with Gasteiger partial charge >= 0.3 is 5.69 Å². The number of aromatic nitrogens is 2. The third-order valence-corrected chi connectivity index (χ3v) is 2.89. The molecule has 4 N–H and O–H groups in total. The second kappa shape index (κ2) is 6.44. The highest BCUT2D eigenvalue weighted by Gasteiger charge is 2.35. The van der Waals surface area contributed by atoms with E-state index in [9.17, 15) is 9.59 Å². The number of nitrogens with one attached hydrogen (secondary N) is 1. The zero-order valence-corrected chi connectivity index (χ0v) is 11.0. The fraction of sp³-hybridized carbons (Fsp3) is 0.556. The topological polar surface area (TPSA) is 159 Å². The summed E-state index contributed by atoms with van der Waals surface area (Å²) in [7, 11) is 0. The van der Waals surface area contributed by atoms with Crippen LogP contribution in [0.15, 0.2) is 20.9 Å². The molecule has 2 heterocycles. The highest BCUT2D eigenvalue weighted by atomic mass is 35.5. The van der Waals surface area contributed by atoms with Crippen molar-refractivity contribution in [3.8, 4) is 0 Å². The summed E-state index contributed by atoms with van der Waals surface area (Å²) in [6.45, 7) is -0.340. The van der Waals surface area contributed by atoms with Gasteiger partial charge in [0.25, 0.3) is 5.56 Å². The number of H-pyrrole nitrogens is 1. The van der Waals surface area contributed by atoms with Crippen LogP contribution in [0.2, 0.25) is 0 Å². The Labute approximate surface area is 118 Å². The van der Waals surface area contributed by atoms with Crippen molar-refractivity contribution in [1.82, 2.24) is 9.55 Å². The van der Waals surface area contributed by atoms with Crippen LogP contribution < -0.4 is 17.0 Å². The van der Waals surface area contributed by atoms with Crippen molar-refractivity contribution >= 4 is 18.1 Å². The molecule has 10 nitrogen and oxygen atoms in total. The number of aromatic amines is 1. The number of azide groups is 1. The number of nitrogens with two attached hydrogens (primary N) is 1. The summed E-state index contributed by atoms with van der Waals surface area (Å²) < 4.78 is 6.51. The van der Waals surface area contributed by atoms with Gasteiger partial charge in [0.05, 0.1) is 18.8 Å². The van der Waals surface area contributed by atoms with E-state index < -0.39 is 29.6 Å². The second-order valence-corrected chi connectivity index (χ2v) is 4.07. The van der Waals surface area contributed by atoms with Gasteiger partial charge in [-0.1, -0.05) is 5.11 Å². The highest BCUT2D eigenvalue weighted by Crippen LogP contribution is 2.29. The van der Waals surface area contributed by atoms with Crippen molar-refractivity contribution in [3.63, 3.8) is 0 Å². The van der Waals surface area contributed by atoms with Gasteiger partial charge in [0.1, 0.15) is 11.9 Å². The fourth-order valence-electron chi connectivity index (χ4n) is 1.95. The normalized spacial score (nSPS) is 24.8. The molecule has 1 aliphatic heterocycles. The van der Waals surface area contributed by atoms with Crippen molar-refractivity contribution in [2.24, 2.45) is 5.11 Å². The summed E-state index contributed by atoms with van der Waals surface area (Å²) in [5.74, 6) is 0. The quantitative estimate of drug-likeness (QED) is 0.389. The van der Waals surface area contributed by atoms with Crippen molar-refractivity contribution in [2.45, 2.75) is 24.8 Å². The van der Waals surface area contributed by atoms with Gasteiger partial charge in [0, 0.05) is 17.5 Å². The molecule has 2 rings (SSSR count). The third kappa shape index (κ3) is 2.94. The predicted octanol–water partition coefficient (Wildman–Crippen LogP) is -0.501. The number of hydrogen-bond donors (Lipinski definition) is 3. The molecule has 1 aromatic rings. The molecule has 0 aromatic carbocycles. The van der Waals surface area contributed by atoms with Gasteiger partial charge in [0.2, 0.25) is 0 Å². The summed E-state index contributed by atoms with van der Waals surface area (Å²) >= 11 is 0. The number of aliphatic hydroxyl groups is 1. The molecule has 1 fully saturated rings. The first-order valence-corrected chi connectivity index (χ1v) is 5.48. The predicted molar refractivity (Wildman–Crippen MR) is 71.5 cm³/mol. The van der Waals surface area contributed by atoms with Crippen LogP contribution in [-0.4, -0.2) is 33.4 Å². The number of nitrogens with zero attached hydrogens (tertiary/aromatic N) is 4. The summed E-state index contributed by atoms with van der Waals surface area (Å²) in [6.07, 6.45) is -0.0698. The maximum Gasteiger partial charge on any atom is 0.330 e. The molecule has 20 heavy (non-hydrogen) atoms. The van der Waals surface area contributed by atoms with Gasteiger partial charge in [-0.15, -0.1) is 12.4 Å². The lowest BCUT2D eigenvalue weighted by atomic mass is 10.1. The van der Waals surface area contributed by atoms with Crippen LogP contribution in [0.4, 0.5) is 5.69 Å². The fourth-order valence-corrected chi connectivity index (χ4v) is 1.95. The van der Waals surface area contributed by atoms with E-state index >= 15 is 0 Å². The van der Waals surface area contributed by atoms with Gasteiger partial charge in [-0.2, -0.15) is 0 Å². The van der Waals surface area contributed by atoms with Gasteiger partial charge in [-0.05, 0) is 5.53 Å². The summed E-state index contributed by atoms with van der Waals surface area (Å²) in [5, 5.41) is 12.6. The number of nitrogen functional groups attached to an aromatic ring is 1. The number of rotatable bonds is 3. The molecule has 0 unspecified atom stereocenters. The first-order valence-electron chi connectivity index (χ1n) is 5.48. The molecule has 1 aromatic heterocycles. The molecular formula is C9H13ClN6O4. The molecule has 0 amide bonds. The lowest BCUT2D eigenvalue weighted by molar-refractivity contribution is -0.0269. The van der Waals surface area contributed by atoms with Gasteiger partial charge in [-0.25, -0.2) is 4.79 Å². The van der Waals surface area contributed by atoms with E-state index in [2.05, 4.69) is 10.0 Å². The first-order chi connectivity index (χ1) is 9.06. The SMILES string of the molecule is Cl.[N-]=[N+]=N[C@H]1C[C@H](n2cc(N)c(=O)[nH]c2=O)O[C@@H]1CO. The van der Waals surface area contributed by atoms with E-state index in [-0.39, 0.29) is 31.1 Å². The van der Waals surface area contributed by atoms with E-state index in [1.165, 1.54) is 6.20 Å². The molecule has 0 spiro atoms. The van der Waals surface area contributed by atoms with Crippen molar-refractivity contribution in [3.05, 3.63) is 37.5 Å². The Balaban J connectivity index is 0.00000200. The van der Waals surface area contributed by atoms with Crippen LogP contribution in [0, 0.1) is 0 Å². The molecule has 11 heteroatoms. The van der Waals surface area contributed by atoms with E-state index in [1.54, 1.807) is 0 Å². The van der Waals surface area contributed by atoms with E-state index in [0.29, 0.717) is 0 Å². The Hall–Kier alpha value is -2.00. The van der Waals surface area contributed by atoms with Crippen LogP contribution in [0.25, 0.3) is 10.4 Å². The van der Waals surface area contributed by atoms with Gasteiger partial charge in [0.15, 0.2) is 0 Å². The van der Waals surface area contributed by atoms with Gasteiger partial charge < -0.3 is 15.6 Å². The standard InChI is InChI=1S/C9H12N6O4.ClH/c10-4-2-15(9(18)12-8(4)17)7-1-5(13-14-11)6(3-16)19-7;/h2,5-7,16H,1,3,10H2,(H,12,17,18);1H/t5-,6+,7+;/m0./s1. The minimum atomic E-state index is -0.751. The van der Waals surface area contributed by atoms with Crippen molar-refractivity contribution < 1.29 is 9.84 Å². The molecule has 1 aliphatic rings. The Bertz CT molecular complexity index is 636. The van der Waals surface area contributed by atoms with E-state index in [0.717, 1.165) is 4.57 Å². The smallest absolute Gasteiger partial charge is 0.330 e. The summed E-state index contributed by atoms with van der Waals surface area (Å²) in [5.41, 5.74) is 12.4. The number of ether oxygens (including phenoxy) is 1. The maximum atomic E-state index is 11.6. The average molecular weight is 305 g/mol. The zero-order chi connectivity index (χ0) is 14.0. The van der Waals surface area contributed by atoms with Crippen LogP contribution in [0.5, 0.6) is 0 Å². The molecule has 3 atom stereocenters. The maximum absolute atomic E-state index is 11.6. The monoisotopic (exact) mass is 304 g/mol. The molecule has 110 valence electrons. The molecule has 1 saturated heterocycles. The number of anilines is 1. The van der Waals surface area contributed by atoms with E-state index in [1.807, 2.05) is 4.98 Å². The molecule has 0 radical (unpaired) electrons. The second-order valence-electron chi connectivity index (χ2n) is 4.07. The van der Waals surface area contributed by atoms with Crippen molar-refractivity contribution in [2.75, 3.05) is 12.3 Å². The lowest BCUT2D eigenvalue weighted by Crippen LogP contribution is -2.33. The summed E-state index contributed by atoms with van der Waals surface area (Å²) in [6, 6.07) is -0.583. The molecule has 0 saturated carbocycles. The molecule has 0 bridgehead atoms. The average Bonchev–Trinajstić information content (AvgIpc) is 2.77. The van der Waals surface area contributed by atoms with Crippen LogP contribution in [-0.2, 0) is 4.74 Å². The zero-order valence-electron chi connectivity index (χ0n) is 10.2. The molecule has 0 aliphatic carbocycles. The van der Waals surface area contributed by atoms with E-state index in [4.69, 9.17) is 21.1 Å². The highest BCUT2D eigenvalue weighted by molar-refractivity contribution is 5.85. The van der Waals surface area contributed by atoms with Crippen LogP contribution >= 0.6 is 12.4 Å². The van der Waals surface area contributed by atoms with Crippen LogP contribution in [0.1, 0.15) is 12.6 Å². The van der Waals surface area contributed by atoms with Crippen LogP contribution in [0.3, 0.4) is 0 Å². The summed E-state index contributed by atoms with van der Waals surface area (Å²) in [4.78, 5) is 27.5. The van der Waals surface area contributed by atoms with Gasteiger partial charge in [-0.3, -0.25) is 14.3 Å². The number of aliphatic hydroxyl groups excluding tert-OH is 1. The Kier molecular flexibility index (Phi) is 5.17. The third-order valence-electron chi connectivity index (χ3n) is 2.89. The Morgan fingerprint density at radius 1 is 1.65 bits per heavy atom. The Morgan fingerprint density at radius 3 is 2.95 bits per heavy atom. The number of hydrogen-bond acceptors (Lipinski definition) is 6. The number of halogens is 1. The Morgan fingerprint density at radius 2 is 2.35 bits per heavy atom. The lowest BCUT2D eigenvalue weighted by Gasteiger charge is -2.14. The molecular weight excluding hydrogens is 292 g/mol.